The third-order valence-corrected chi connectivity index (χ3v) is 6.16. The van der Waals surface area contributed by atoms with Crippen LogP contribution in [-0.2, 0) is 14.3 Å². The largest absolute Gasteiger partial charge is 0.507 e. The van der Waals surface area contributed by atoms with Crippen LogP contribution in [0.4, 0.5) is 4.39 Å². The van der Waals surface area contributed by atoms with E-state index in [9.17, 15) is 19.1 Å². The Morgan fingerprint density at radius 1 is 1.14 bits per heavy atom. The molecule has 0 saturated carbocycles. The first kappa shape index (κ1) is 19.8. The third-order valence-electron chi connectivity index (χ3n) is 5.23. The van der Waals surface area contributed by atoms with Gasteiger partial charge in [0.15, 0.2) is 0 Å². The lowest BCUT2D eigenvalue weighted by molar-refractivity contribution is -0.140. The van der Waals surface area contributed by atoms with Crippen molar-refractivity contribution in [2.75, 3.05) is 39.4 Å². The molecule has 0 radical (unpaired) electrons. The highest BCUT2D eigenvalue weighted by molar-refractivity contribution is 7.10. The van der Waals surface area contributed by atoms with Gasteiger partial charge < -0.3 is 14.7 Å². The number of thiophene rings is 1. The number of rotatable bonds is 5. The first-order valence-electron chi connectivity index (χ1n) is 9.44. The molecule has 0 aliphatic carbocycles. The van der Waals surface area contributed by atoms with Gasteiger partial charge in [-0.2, -0.15) is 0 Å². The van der Waals surface area contributed by atoms with E-state index >= 15 is 0 Å². The molecule has 2 aromatic rings. The van der Waals surface area contributed by atoms with Crippen LogP contribution in [0.25, 0.3) is 5.76 Å². The highest BCUT2D eigenvalue weighted by Gasteiger charge is 2.46. The number of nitrogens with zero attached hydrogens (tertiary/aromatic N) is 2. The molecular weight excluding hydrogens is 395 g/mol. The molecule has 1 aromatic heterocycles. The number of carbonyl (C=O) groups excluding carboxylic acids is 2. The topological polar surface area (TPSA) is 70.1 Å². The van der Waals surface area contributed by atoms with Crippen LogP contribution in [0.3, 0.4) is 0 Å². The maximum Gasteiger partial charge on any atom is 0.295 e. The zero-order chi connectivity index (χ0) is 20.4. The molecule has 1 aromatic carbocycles. The number of hydrogen-bond donors (Lipinski definition) is 1. The molecule has 4 rings (SSSR count). The number of ketones is 1. The van der Waals surface area contributed by atoms with Gasteiger partial charge in [-0.1, -0.05) is 6.07 Å². The number of halogens is 1. The van der Waals surface area contributed by atoms with Gasteiger partial charge in [0.2, 0.25) is 0 Å². The normalized spacial score (nSPS) is 22.4. The lowest BCUT2D eigenvalue weighted by Crippen LogP contribution is -2.42. The van der Waals surface area contributed by atoms with Gasteiger partial charge in [0.1, 0.15) is 11.6 Å². The molecule has 1 N–H and O–H groups in total. The summed E-state index contributed by atoms with van der Waals surface area (Å²) in [7, 11) is 0. The van der Waals surface area contributed by atoms with E-state index in [4.69, 9.17) is 4.74 Å². The molecule has 1 atom stereocenters. The highest BCUT2D eigenvalue weighted by Crippen LogP contribution is 2.40. The number of carbonyl (C=O) groups is 2. The van der Waals surface area contributed by atoms with Crippen molar-refractivity contribution in [3.05, 3.63) is 63.6 Å². The summed E-state index contributed by atoms with van der Waals surface area (Å²) in [6, 6.07) is 8.27. The second kappa shape index (κ2) is 8.44. The summed E-state index contributed by atoms with van der Waals surface area (Å²) in [5, 5.41) is 12.7. The van der Waals surface area contributed by atoms with Gasteiger partial charge in [-0.15, -0.1) is 11.3 Å². The predicted molar refractivity (Wildman–Crippen MR) is 107 cm³/mol. The Morgan fingerprint density at radius 3 is 2.52 bits per heavy atom. The monoisotopic (exact) mass is 416 g/mol. The summed E-state index contributed by atoms with van der Waals surface area (Å²) in [6.45, 7) is 3.85. The molecule has 3 heterocycles. The van der Waals surface area contributed by atoms with Crippen molar-refractivity contribution in [1.29, 1.82) is 0 Å². The van der Waals surface area contributed by atoms with Gasteiger partial charge in [-0.25, -0.2) is 4.39 Å². The Morgan fingerprint density at radius 2 is 1.86 bits per heavy atom. The number of benzene rings is 1. The second-order valence-corrected chi connectivity index (χ2v) is 7.95. The fourth-order valence-electron chi connectivity index (χ4n) is 3.69. The molecule has 0 unspecified atom stereocenters. The minimum Gasteiger partial charge on any atom is -0.507 e. The minimum absolute atomic E-state index is 0.0473. The number of amides is 1. The highest BCUT2D eigenvalue weighted by atomic mass is 32.1. The maximum absolute atomic E-state index is 13.3. The lowest BCUT2D eigenvalue weighted by Gasteiger charge is -2.30. The first-order chi connectivity index (χ1) is 14.1. The van der Waals surface area contributed by atoms with Gasteiger partial charge in [0, 0.05) is 36.6 Å². The first-order valence-corrected chi connectivity index (χ1v) is 10.3. The van der Waals surface area contributed by atoms with Gasteiger partial charge >= 0.3 is 0 Å². The molecule has 2 saturated heterocycles. The van der Waals surface area contributed by atoms with Crippen molar-refractivity contribution in [2.24, 2.45) is 0 Å². The fourth-order valence-corrected chi connectivity index (χ4v) is 4.54. The third kappa shape index (κ3) is 3.96. The number of aliphatic hydroxyl groups excluding tert-OH is 1. The Kier molecular flexibility index (Phi) is 5.75. The van der Waals surface area contributed by atoms with Crippen molar-refractivity contribution >= 4 is 28.8 Å². The molecule has 0 spiro atoms. The van der Waals surface area contributed by atoms with E-state index in [1.165, 1.54) is 40.5 Å². The summed E-state index contributed by atoms with van der Waals surface area (Å²) in [5.74, 6) is -2.06. The van der Waals surface area contributed by atoms with Crippen molar-refractivity contribution in [3.63, 3.8) is 0 Å². The van der Waals surface area contributed by atoms with Crippen LogP contribution in [0.1, 0.15) is 16.5 Å². The van der Waals surface area contributed by atoms with Crippen molar-refractivity contribution < 1.29 is 23.8 Å². The molecule has 8 heteroatoms. The number of aliphatic hydroxyl groups is 1. The van der Waals surface area contributed by atoms with Crippen LogP contribution in [-0.4, -0.2) is 66.0 Å². The molecular formula is C21H21FN2O4S. The van der Waals surface area contributed by atoms with Gasteiger partial charge in [-0.05, 0) is 35.7 Å². The molecule has 6 nitrogen and oxygen atoms in total. The minimum atomic E-state index is -0.716. The van der Waals surface area contributed by atoms with E-state index < -0.39 is 23.5 Å². The lowest BCUT2D eigenvalue weighted by atomic mass is 10.00. The van der Waals surface area contributed by atoms with E-state index in [2.05, 4.69) is 4.90 Å². The van der Waals surface area contributed by atoms with Gasteiger partial charge in [-0.3, -0.25) is 14.5 Å². The average Bonchev–Trinajstić information content (AvgIpc) is 3.35. The van der Waals surface area contributed by atoms with E-state index in [1.54, 1.807) is 0 Å². The zero-order valence-corrected chi connectivity index (χ0v) is 16.5. The molecule has 2 aliphatic rings. The molecule has 2 fully saturated rings. The van der Waals surface area contributed by atoms with Crippen molar-refractivity contribution in [1.82, 2.24) is 9.80 Å². The average molecular weight is 416 g/mol. The van der Waals surface area contributed by atoms with Crippen molar-refractivity contribution in [3.8, 4) is 0 Å². The van der Waals surface area contributed by atoms with E-state index in [-0.39, 0.29) is 11.3 Å². The standard InChI is InChI=1S/C21H21FN2O4S/c22-15-5-3-14(4-6-15)19(25)17-18(16-2-1-13-29-16)24(21(27)20(17)26)8-7-23-9-11-28-12-10-23/h1-6,13,18,25H,7-12H2/t18-/m1/s1. The van der Waals surface area contributed by atoms with Crippen LogP contribution >= 0.6 is 11.3 Å². The van der Waals surface area contributed by atoms with Crippen LogP contribution < -0.4 is 0 Å². The summed E-state index contributed by atoms with van der Waals surface area (Å²) < 4.78 is 18.6. The van der Waals surface area contributed by atoms with Crippen LogP contribution in [0.5, 0.6) is 0 Å². The van der Waals surface area contributed by atoms with Gasteiger partial charge in [0.25, 0.3) is 11.7 Å². The Bertz CT molecular complexity index is 921. The van der Waals surface area contributed by atoms with Crippen molar-refractivity contribution in [2.45, 2.75) is 6.04 Å². The Balaban J connectivity index is 1.68. The zero-order valence-electron chi connectivity index (χ0n) is 15.7. The Hall–Kier alpha value is -2.55. The van der Waals surface area contributed by atoms with Crippen LogP contribution in [0.15, 0.2) is 47.4 Å². The van der Waals surface area contributed by atoms with E-state index in [1.807, 2.05) is 17.5 Å². The number of ether oxygens (including phenoxy) is 1. The molecule has 29 heavy (non-hydrogen) atoms. The summed E-state index contributed by atoms with van der Waals surface area (Å²) in [5.41, 5.74) is 0.352. The van der Waals surface area contributed by atoms with Crippen LogP contribution in [0.2, 0.25) is 0 Å². The smallest absolute Gasteiger partial charge is 0.295 e. The quantitative estimate of drug-likeness (QED) is 0.461. The number of hydrogen-bond acceptors (Lipinski definition) is 6. The molecule has 152 valence electrons. The summed E-state index contributed by atoms with van der Waals surface area (Å²) in [4.78, 5) is 30.2. The molecule has 2 aliphatic heterocycles. The molecule has 0 bridgehead atoms. The summed E-state index contributed by atoms with van der Waals surface area (Å²) >= 11 is 1.42. The summed E-state index contributed by atoms with van der Waals surface area (Å²) in [6.07, 6.45) is 0. The van der Waals surface area contributed by atoms with E-state index in [0.29, 0.717) is 31.9 Å². The van der Waals surface area contributed by atoms with Crippen LogP contribution in [0, 0.1) is 5.82 Å². The maximum atomic E-state index is 13.3. The Labute approximate surface area is 171 Å². The second-order valence-electron chi connectivity index (χ2n) is 6.97. The fraction of sp³-hybridized carbons (Fsp3) is 0.333. The number of Topliss-reactive ketones (excluding diaryl/α,β-unsaturated/α-hetero) is 1. The predicted octanol–water partition coefficient (Wildman–Crippen LogP) is 2.64. The number of likely N-dealkylation sites (tertiary alicyclic amines) is 1. The molecule has 1 amide bonds. The van der Waals surface area contributed by atoms with E-state index in [0.717, 1.165) is 18.0 Å². The van der Waals surface area contributed by atoms with Gasteiger partial charge in [0.05, 0.1) is 24.8 Å². The SMILES string of the molecule is O=C1C(=O)N(CCN2CCOCC2)[C@H](c2cccs2)C1=C(O)c1ccc(F)cc1. The number of morpholine rings is 1.